The van der Waals surface area contributed by atoms with Crippen LogP contribution in [-0.4, -0.2) is 13.4 Å². The van der Waals surface area contributed by atoms with Gasteiger partial charge in [0.1, 0.15) is 10.4 Å². The molecule has 1 aromatic heterocycles. The number of fused-ring (bicyclic) bond motifs is 3. The molecule has 1 aliphatic heterocycles. The van der Waals surface area contributed by atoms with E-state index >= 15 is 0 Å². The Morgan fingerprint density at radius 2 is 1.44 bits per heavy atom. The van der Waals surface area contributed by atoms with Gasteiger partial charge in [-0.3, -0.25) is 4.98 Å². The summed E-state index contributed by atoms with van der Waals surface area (Å²) in [5, 5.41) is 0.924. The number of hydrogen-bond donors (Lipinski definition) is 0. The SMILES string of the molecule is O=S(=O)(C1=C(c2ccc(Br)cc2)Oc2c(ccc3cccnc23)C1c1ccccc1)c1ccccc1. The van der Waals surface area contributed by atoms with Gasteiger partial charge < -0.3 is 4.74 Å². The van der Waals surface area contributed by atoms with Crippen LogP contribution in [0, 0.1) is 0 Å². The highest BCUT2D eigenvalue weighted by Crippen LogP contribution is 2.50. The molecule has 1 unspecified atom stereocenters. The minimum Gasteiger partial charge on any atom is -0.453 e. The van der Waals surface area contributed by atoms with Gasteiger partial charge in [0.05, 0.1) is 10.8 Å². The molecule has 0 saturated heterocycles. The second-order valence-electron chi connectivity index (χ2n) is 8.52. The van der Waals surface area contributed by atoms with Crippen molar-refractivity contribution in [3.63, 3.8) is 0 Å². The molecule has 6 rings (SSSR count). The third-order valence-electron chi connectivity index (χ3n) is 6.34. The van der Waals surface area contributed by atoms with E-state index in [1.165, 1.54) is 0 Å². The number of halogens is 1. The van der Waals surface area contributed by atoms with Crippen LogP contribution < -0.4 is 4.74 Å². The zero-order valence-electron chi connectivity index (χ0n) is 19.0. The summed E-state index contributed by atoms with van der Waals surface area (Å²) in [5.41, 5.74) is 3.00. The van der Waals surface area contributed by atoms with Crippen molar-refractivity contribution >= 4 is 42.4 Å². The normalized spacial score (nSPS) is 15.4. The zero-order valence-corrected chi connectivity index (χ0v) is 21.4. The predicted octanol–water partition coefficient (Wildman–Crippen LogP) is 7.36. The Bertz CT molecular complexity index is 1720. The number of allylic oxidation sites excluding steroid dienone is 1. The van der Waals surface area contributed by atoms with Crippen LogP contribution in [0.4, 0.5) is 0 Å². The highest BCUT2D eigenvalue weighted by molar-refractivity contribution is 9.10. The molecule has 4 aromatic carbocycles. The van der Waals surface area contributed by atoms with Crippen LogP contribution in [0.25, 0.3) is 16.7 Å². The molecule has 0 spiro atoms. The van der Waals surface area contributed by atoms with Crippen molar-refractivity contribution < 1.29 is 13.2 Å². The Balaban J connectivity index is 1.73. The molecule has 0 fully saturated rings. The van der Waals surface area contributed by atoms with Crippen molar-refractivity contribution in [3.05, 3.63) is 141 Å². The first kappa shape index (κ1) is 22.7. The lowest BCUT2D eigenvalue weighted by atomic mass is 9.86. The molecule has 0 aliphatic carbocycles. The fourth-order valence-corrected chi connectivity index (χ4v) is 6.69. The predicted molar refractivity (Wildman–Crippen MR) is 145 cm³/mol. The molecule has 176 valence electrons. The molecule has 1 atom stereocenters. The number of benzene rings is 4. The topological polar surface area (TPSA) is 56.3 Å². The maximum Gasteiger partial charge on any atom is 0.207 e. The summed E-state index contributed by atoms with van der Waals surface area (Å²) in [4.78, 5) is 5.04. The summed E-state index contributed by atoms with van der Waals surface area (Å²) in [6.45, 7) is 0. The molecule has 0 saturated carbocycles. The van der Waals surface area contributed by atoms with Crippen LogP contribution in [0.1, 0.15) is 22.6 Å². The first-order chi connectivity index (χ1) is 17.5. The highest BCUT2D eigenvalue weighted by Gasteiger charge is 2.40. The Morgan fingerprint density at radius 3 is 2.17 bits per heavy atom. The van der Waals surface area contributed by atoms with E-state index in [1.807, 2.05) is 84.9 Å². The van der Waals surface area contributed by atoms with E-state index in [-0.39, 0.29) is 9.80 Å². The van der Waals surface area contributed by atoms with Crippen molar-refractivity contribution in [2.45, 2.75) is 10.8 Å². The van der Waals surface area contributed by atoms with Crippen molar-refractivity contribution in [2.75, 3.05) is 0 Å². The van der Waals surface area contributed by atoms with E-state index in [2.05, 4.69) is 20.9 Å². The van der Waals surface area contributed by atoms with Crippen molar-refractivity contribution in [1.29, 1.82) is 0 Å². The van der Waals surface area contributed by atoms with Gasteiger partial charge in [0.2, 0.25) is 9.84 Å². The highest BCUT2D eigenvalue weighted by atomic mass is 79.9. The van der Waals surface area contributed by atoms with Crippen LogP contribution in [0.3, 0.4) is 0 Å². The average molecular weight is 554 g/mol. The summed E-state index contributed by atoms with van der Waals surface area (Å²) in [5.74, 6) is 0.308. The van der Waals surface area contributed by atoms with E-state index in [1.54, 1.807) is 30.5 Å². The second kappa shape index (κ2) is 9.04. The summed E-state index contributed by atoms with van der Waals surface area (Å²) >= 11 is 3.48. The molecule has 0 amide bonds. The number of pyridine rings is 1. The van der Waals surface area contributed by atoms with Crippen LogP contribution in [0.5, 0.6) is 5.75 Å². The Morgan fingerprint density at radius 1 is 0.750 bits per heavy atom. The lowest BCUT2D eigenvalue weighted by Gasteiger charge is -2.31. The fourth-order valence-electron chi connectivity index (χ4n) is 4.68. The molecular weight excluding hydrogens is 534 g/mol. The Labute approximate surface area is 218 Å². The summed E-state index contributed by atoms with van der Waals surface area (Å²) < 4.78 is 36.1. The van der Waals surface area contributed by atoms with Gasteiger partial charge in [-0.1, -0.05) is 94.8 Å². The third kappa shape index (κ3) is 3.83. The average Bonchev–Trinajstić information content (AvgIpc) is 2.93. The van der Waals surface area contributed by atoms with Gasteiger partial charge in [0, 0.05) is 27.2 Å². The van der Waals surface area contributed by atoms with Gasteiger partial charge in [0.25, 0.3) is 0 Å². The first-order valence-electron chi connectivity index (χ1n) is 11.4. The molecule has 1 aliphatic rings. The molecule has 2 heterocycles. The maximum absolute atomic E-state index is 14.3. The van der Waals surface area contributed by atoms with Gasteiger partial charge >= 0.3 is 0 Å². The van der Waals surface area contributed by atoms with Gasteiger partial charge in [-0.15, -0.1) is 0 Å². The smallest absolute Gasteiger partial charge is 0.207 e. The number of hydrogen-bond acceptors (Lipinski definition) is 4. The number of sulfone groups is 1. The van der Waals surface area contributed by atoms with Crippen LogP contribution in [-0.2, 0) is 9.84 Å². The molecular formula is C30H20BrNO3S. The standard InChI is InChI=1S/C30H20BrNO3S/c31-23-16-13-22(14-17-23)28-30(36(33,34)24-11-5-2-6-12-24)26(20-8-3-1-4-9-20)25-18-15-21-10-7-19-32-27(21)29(25)35-28/h1-19,26H. The molecule has 36 heavy (non-hydrogen) atoms. The first-order valence-corrected chi connectivity index (χ1v) is 13.7. The molecule has 4 nitrogen and oxygen atoms in total. The quantitative estimate of drug-likeness (QED) is 0.233. The second-order valence-corrected chi connectivity index (χ2v) is 11.4. The van der Waals surface area contributed by atoms with Crippen molar-refractivity contribution in [1.82, 2.24) is 4.98 Å². The third-order valence-corrected chi connectivity index (χ3v) is 8.76. The van der Waals surface area contributed by atoms with E-state index in [9.17, 15) is 8.42 Å². The molecule has 0 N–H and O–H groups in total. The molecule has 0 bridgehead atoms. The summed E-state index contributed by atoms with van der Waals surface area (Å²) in [6, 6.07) is 33.5. The minimum atomic E-state index is -3.94. The fraction of sp³-hybridized carbons (Fsp3) is 0.0333. The molecule has 5 aromatic rings. The molecule has 6 heteroatoms. The van der Waals surface area contributed by atoms with Crippen molar-refractivity contribution in [3.8, 4) is 5.75 Å². The lowest BCUT2D eigenvalue weighted by Crippen LogP contribution is -2.23. The Hall–Kier alpha value is -3.74. The van der Waals surface area contributed by atoms with Gasteiger partial charge in [-0.2, -0.15) is 0 Å². The number of ether oxygens (including phenoxy) is 1. The maximum atomic E-state index is 14.3. The monoisotopic (exact) mass is 553 g/mol. The van der Waals surface area contributed by atoms with Crippen LogP contribution in [0.2, 0.25) is 0 Å². The van der Waals surface area contributed by atoms with Gasteiger partial charge in [0.15, 0.2) is 11.5 Å². The van der Waals surface area contributed by atoms with E-state index in [0.29, 0.717) is 22.6 Å². The summed E-state index contributed by atoms with van der Waals surface area (Å²) in [6.07, 6.45) is 1.72. The van der Waals surface area contributed by atoms with Crippen molar-refractivity contribution in [2.24, 2.45) is 0 Å². The van der Waals surface area contributed by atoms with Gasteiger partial charge in [-0.25, -0.2) is 8.42 Å². The number of aromatic nitrogens is 1. The number of nitrogens with zero attached hydrogens (tertiary/aromatic N) is 1. The Kier molecular flexibility index (Phi) is 5.70. The zero-order chi connectivity index (χ0) is 24.7. The largest absolute Gasteiger partial charge is 0.453 e. The van der Waals surface area contributed by atoms with E-state index in [0.717, 1.165) is 21.0 Å². The summed E-state index contributed by atoms with van der Waals surface area (Å²) in [7, 11) is -3.94. The van der Waals surface area contributed by atoms with Gasteiger partial charge in [-0.05, 0) is 35.9 Å². The molecule has 0 radical (unpaired) electrons. The van der Waals surface area contributed by atoms with Crippen LogP contribution >= 0.6 is 15.9 Å². The minimum absolute atomic E-state index is 0.213. The van der Waals surface area contributed by atoms with E-state index in [4.69, 9.17) is 4.74 Å². The van der Waals surface area contributed by atoms with Crippen LogP contribution in [0.15, 0.2) is 130 Å². The lowest BCUT2D eigenvalue weighted by molar-refractivity contribution is 0.492. The number of rotatable bonds is 4. The van der Waals surface area contributed by atoms with E-state index < -0.39 is 15.8 Å².